The van der Waals surface area contributed by atoms with E-state index < -0.39 is 6.10 Å². The van der Waals surface area contributed by atoms with E-state index >= 15 is 0 Å². The van der Waals surface area contributed by atoms with Crippen LogP contribution in [0.2, 0.25) is 0 Å². The van der Waals surface area contributed by atoms with Gasteiger partial charge in [-0.1, -0.05) is 6.07 Å². The van der Waals surface area contributed by atoms with Crippen molar-refractivity contribution >= 4 is 15.9 Å². The van der Waals surface area contributed by atoms with Gasteiger partial charge in [-0.2, -0.15) is 0 Å². The van der Waals surface area contributed by atoms with Crippen LogP contribution in [0.1, 0.15) is 22.9 Å². The molecule has 1 N–H and O–H groups in total. The molecule has 0 saturated heterocycles. The van der Waals surface area contributed by atoms with Crippen molar-refractivity contribution in [2.75, 3.05) is 14.2 Å². The summed E-state index contributed by atoms with van der Waals surface area (Å²) in [6.07, 6.45) is 0.872. The number of hydrogen-bond donors (Lipinski definition) is 1. The van der Waals surface area contributed by atoms with Gasteiger partial charge >= 0.3 is 0 Å². The van der Waals surface area contributed by atoms with Crippen LogP contribution in [0.4, 0.5) is 0 Å². The minimum Gasteiger partial charge on any atom is -0.495 e. The highest BCUT2D eigenvalue weighted by atomic mass is 79.9. The highest BCUT2D eigenvalue weighted by Crippen LogP contribution is 2.40. The van der Waals surface area contributed by atoms with Crippen LogP contribution in [-0.4, -0.2) is 24.3 Å². The smallest absolute Gasteiger partial charge is 0.143 e. The first-order valence-electron chi connectivity index (χ1n) is 6.09. The number of rotatable bonds is 4. The maximum absolute atomic E-state index is 10.5. The number of aryl methyl sites for hydroxylation is 1. The number of pyridine rings is 1. The Morgan fingerprint density at radius 1 is 1.15 bits per heavy atom. The molecule has 0 aliphatic carbocycles. The van der Waals surface area contributed by atoms with Crippen LogP contribution in [0.15, 0.2) is 34.9 Å². The summed E-state index contributed by atoms with van der Waals surface area (Å²) < 4.78 is 11.3. The topological polar surface area (TPSA) is 51.6 Å². The molecule has 1 heterocycles. The largest absolute Gasteiger partial charge is 0.495 e. The summed E-state index contributed by atoms with van der Waals surface area (Å²) in [5.41, 5.74) is 2.26. The molecule has 0 radical (unpaired) electrons. The number of nitrogens with zero attached hydrogens (tertiary/aromatic N) is 1. The molecule has 0 spiro atoms. The summed E-state index contributed by atoms with van der Waals surface area (Å²) in [6, 6.07) is 7.27. The fourth-order valence-corrected chi connectivity index (χ4v) is 2.62. The standard InChI is InChI=1S/C15H16BrNO3/c1-9-4-6-11(17-8-9)14(18)10-5-7-12(19-2)13(16)15(10)20-3/h4-8,14,18H,1-3H3. The third-order valence-corrected chi connectivity index (χ3v) is 3.78. The summed E-state index contributed by atoms with van der Waals surface area (Å²) >= 11 is 3.42. The lowest BCUT2D eigenvalue weighted by Gasteiger charge is -2.17. The molecular weight excluding hydrogens is 322 g/mol. The zero-order valence-electron chi connectivity index (χ0n) is 11.6. The third kappa shape index (κ3) is 2.78. The van der Waals surface area contributed by atoms with E-state index in [-0.39, 0.29) is 0 Å². The molecule has 20 heavy (non-hydrogen) atoms. The molecular formula is C15H16BrNO3. The predicted molar refractivity (Wildman–Crippen MR) is 80.3 cm³/mol. The number of aliphatic hydroxyl groups is 1. The molecule has 0 saturated carbocycles. The molecule has 1 aromatic carbocycles. The van der Waals surface area contributed by atoms with Gasteiger partial charge in [-0.3, -0.25) is 4.98 Å². The van der Waals surface area contributed by atoms with Crippen molar-refractivity contribution in [3.05, 3.63) is 51.8 Å². The van der Waals surface area contributed by atoms with Gasteiger partial charge in [0, 0.05) is 11.8 Å². The molecule has 2 rings (SSSR count). The minimum absolute atomic E-state index is 0.541. The summed E-state index contributed by atoms with van der Waals surface area (Å²) in [7, 11) is 3.13. The van der Waals surface area contributed by atoms with Gasteiger partial charge in [-0.25, -0.2) is 0 Å². The maximum Gasteiger partial charge on any atom is 0.143 e. The van der Waals surface area contributed by atoms with Gasteiger partial charge in [0.1, 0.15) is 22.1 Å². The molecule has 1 unspecified atom stereocenters. The van der Waals surface area contributed by atoms with Crippen LogP contribution in [0.25, 0.3) is 0 Å². The summed E-state index contributed by atoms with van der Waals surface area (Å²) in [6.45, 7) is 1.95. The molecule has 5 heteroatoms. The summed E-state index contributed by atoms with van der Waals surface area (Å²) in [4.78, 5) is 4.25. The van der Waals surface area contributed by atoms with Gasteiger partial charge in [-0.05, 0) is 46.6 Å². The van der Waals surface area contributed by atoms with E-state index in [9.17, 15) is 5.11 Å². The molecule has 4 nitrogen and oxygen atoms in total. The monoisotopic (exact) mass is 337 g/mol. The lowest BCUT2D eigenvalue weighted by atomic mass is 10.0. The third-order valence-electron chi connectivity index (χ3n) is 3.03. The van der Waals surface area contributed by atoms with Crippen molar-refractivity contribution in [2.24, 2.45) is 0 Å². The number of ether oxygens (including phenoxy) is 2. The van der Waals surface area contributed by atoms with E-state index in [2.05, 4.69) is 20.9 Å². The maximum atomic E-state index is 10.5. The Hall–Kier alpha value is -1.59. The van der Waals surface area contributed by atoms with E-state index in [0.717, 1.165) is 5.56 Å². The first kappa shape index (κ1) is 14.8. The first-order chi connectivity index (χ1) is 9.58. The predicted octanol–water partition coefficient (Wildman–Crippen LogP) is 3.25. The van der Waals surface area contributed by atoms with Gasteiger partial charge in [-0.15, -0.1) is 0 Å². The lowest BCUT2D eigenvalue weighted by molar-refractivity contribution is 0.209. The average molecular weight is 338 g/mol. The number of hydrogen-bond acceptors (Lipinski definition) is 4. The van der Waals surface area contributed by atoms with Crippen molar-refractivity contribution < 1.29 is 14.6 Å². The van der Waals surface area contributed by atoms with E-state index in [4.69, 9.17) is 9.47 Å². The quantitative estimate of drug-likeness (QED) is 0.930. The van der Waals surface area contributed by atoms with E-state index in [1.165, 1.54) is 0 Å². The Morgan fingerprint density at radius 2 is 1.90 bits per heavy atom. The lowest BCUT2D eigenvalue weighted by Crippen LogP contribution is -2.05. The fourth-order valence-electron chi connectivity index (χ4n) is 1.93. The number of benzene rings is 1. The highest BCUT2D eigenvalue weighted by Gasteiger charge is 2.20. The van der Waals surface area contributed by atoms with Crippen molar-refractivity contribution in [1.29, 1.82) is 0 Å². The van der Waals surface area contributed by atoms with Crippen LogP contribution < -0.4 is 9.47 Å². The van der Waals surface area contributed by atoms with Crippen LogP contribution in [0.5, 0.6) is 11.5 Å². The van der Waals surface area contributed by atoms with Gasteiger partial charge in [0.25, 0.3) is 0 Å². The Kier molecular flexibility index (Phi) is 4.62. The van der Waals surface area contributed by atoms with Crippen LogP contribution >= 0.6 is 15.9 Å². The zero-order valence-corrected chi connectivity index (χ0v) is 13.1. The average Bonchev–Trinajstić information content (AvgIpc) is 2.47. The molecule has 0 amide bonds. The Bertz CT molecular complexity index is 599. The number of aliphatic hydroxyl groups excluding tert-OH is 1. The molecule has 1 aromatic heterocycles. The summed E-state index contributed by atoms with van der Waals surface area (Å²) in [5.74, 6) is 1.19. The van der Waals surface area contributed by atoms with Crippen molar-refractivity contribution in [3.63, 3.8) is 0 Å². The van der Waals surface area contributed by atoms with Crippen molar-refractivity contribution in [2.45, 2.75) is 13.0 Å². The second-order valence-corrected chi connectivity index (χ2v) is 5.16. The normalized spacial score (nSPS) is 12.1. The second-order valence-electron chi connectivity index (χ2n) is 4.37. The van der Waals surface area contributed by atoms with Gasteiger partial charge < -0.3 is 14.6 Å². The minimum atomic E-state index is -0.854. The van der Waals surface area contributed by atoms with Gasteiger partial charge in [0.2, 0.25) is 0 Å². The summed E-state index contributed by atoms with van der Waals surface area (Å²) in [5, 5.41) is 10.5. The van der Waals surface area contributed by atoms with Crippen molar-refractivity contribution in [3.8, 4) is 11.5 Å². The number of methoxy groups -OCH3 is 2. The number of aromatic nitrogens is 1. The Morgan fingerprint density at radius 3 is 2.45 bits per heavy atom. The molecule has 1 atom stereocenters. The zero-order chi connectivity index (χ0) is 14.7. The van der Waals surface area contributed by atoms with Crippen LogP contribution in [0.3, 0.4) is 0 Å². The van der Waals surface area contributed by atoms with E-state index in [0.29, 0.717) is 27.2 Å². The molecule has 0 fully saturated rings. The first-order valence-corrected chi connectivity index (χ1v) is 6.88. The van der Waals surface area contributed by atoms with Gasteiger partial charge in [0.05, 0.1) is 19.9 Å². The molecule has 0 aliphatic rings. The second kappa shape index (κ2) is 6.24. The number of halogens is 1. The van der Waals surface area contributed by atoms with Crippen LogP contribution in [0, 0.1) is 6.92 Å². The van der Waals surface area contributed by atoms with Crippen molar-refractivity contribution in [1.82, 2.24) is 4.98 Å². The molecule has 0 bridgehead atoms. The molecule has 106 valence electrons. The van der Waals surface area contributed by atoms with E-state index in [1.54, 1.807) is 38.6 Å². The van der Waals surface area contributed by atoms with E-state index in [1.807, 2.05) is 13.0 Å². The van der Waals surface area contributed by atoms with Gasteiger partial charge in [0.15, 0.2) is 0 Å². The van der Waals surface area contributed by atoms with Crippen LogP contribution in [-0.2, 0) is 0 Å². The SMILES string of the molecule is COc1ccc(C(O)c2ccc(C)cn2)c(OC)c1Br. The molecule has 2 aromatic rings. The Balaban J connectivity index is 2.46. The Labute approximate surface area is 126 Å². The fraction of sp³-hybridized carbons (Fsp3) is 0.267. The molecule has 0 aliphatic heterocycles. The highest BCUT2D eigenvalue weighted by molar-refractivity contribution is 9.10.